The van der Waals surface area contributed by atoms with Crippen molar-refractivity contribution in [1.82, 2.24) is 9.97 Å². The second-order valence-electron chi connectivity index (χ2n) is 3.81. The second-order valence-corrected chi connectivity index (χ2v) is 6.39. The molecule has 0 aromatic carbocycles. The largest absolute Gasteiger partial charge is 0.232 e. The van der Waals surface area contributed by atoms with Gasteiger partial charge in [-0.15, -0.1) is 11.3 Å². The summed E-state index contributed by atoms with van der Waals surface area (Å²) in [5, 5.41) is 2.06. The standard InChI is InChI=1S/C11H8Br2N2S/c12-7-3-4-16-10(7)8-5-9(13)15-11(14-8)6-1-2-6/h3-6H,1-2H2. The van der Waals surface area contributed by atoms with Gasteiger partial charge in [0.25, 0.3) is 0 Å². The van der Waals surface area contributed by atoms with Gasteiger partial charge in [0.05, 0.1) is 10.6 Å². The normalized spacial score (nSPS) is 15.4. The van der Waals surface area contributed by atoms with Gasteiger partial charge in [0.15, 0.2) is 0 Å². The van der Waals surface area contributed by atoms with Crippen molar-refractivity contribution in [2.45, 2.75) is 18.8 Å². The molecule has 0 radical (unpaired) electrons. The fraction of sp³-hybridized carbons (Fsp3) is 0.273. The van der Waals surface area contributed by atoms with Crippen molar-refractivity contribution in [3.63, 3.8) is 0 Å². The van der Waals surface area contributed by atoms with Gasteiger partial charge in [-0.1, -0.05) is 0 Å². The van der Waals surface area contributed by atoms with E-state index in [4.69, 9.17) is 0 Å². The minimum Gasteiger partial charge on any atom is -0.232 e. The number of aromatic nitrogens is 2. The lowest BCUT2D eigenvalue weighted by atomic mass is 10.3. The van der Waals surface area contributed by atoms with Gasteiger partial charge in [-0.3, -0.25) is 0 Å². The predicted molar refractivity (Wildman–Crippen MR) is 72.7 cm³/mol. The molecule has 0 bridgehead atoms. The Bertz CT molecular complexity index is 535. The monoisotopic (exact) mass is 358 g/mol. The van der Waals surface area contributed by atoms with Crippen LogP contribution in [0.25, 0.3) is 10.6 Å². The van der Waals surface area contributed by atoms with Gasteiger partial charge in [-0.25, -0.2) is 9.97 Å². The maximum Gasteiger partial charge on any atom is 0.133 e. The average molecular weight is 360 g/mol. The van der Waals surface area contributed by atoms with Crippen LogP contribution in [0.15, 0.2) is 26.6 Å². The van der Waals surface area contributed by atoms with Gasteiger partial charge in [0.2, 0.25) is 0 Å². The van der Waals surface area contributed by atoms with Crippen LogP contribution in [0.4, 0.5) is 0 Å². The van der Waals surface area contributed by atoms with Crippen molar-refractivity contribution >= 4 is 43.2 Å². The van der Waals surface area contributed by atoms with E-state index in [9.17, 15) is 0 Å². The van der Waals surface area contributed by atoms with Gasteiger partial charge in [-0.2, -0.15) is 0 Å². The zero-order valence-corrected chi connectivity index (χ0v) is 12.3. The molecule has 0 unspecified atom stereocenters. The minimum absolute atomic E-state index is 0.579. The first kappa shape index (κ1) is 10.9. The van der Waals surface area contributed by atoms with Crippen molar-refractivity contribution in [3.05, 3.63) is 32.4 Å². The van der Waals surface area contributed by atoms with Gasteiger partial charge in [0.1, 0.15) is 10.4 Å². The van der Waals surface area contributed by atoms with Crippen molar-refractivity contribution in [3.8, 4) is 10.6 Å². The lowest BCUT2D eigenvalue weighted by Crippen LogP contribution is -1.94. The highest BCUT2D eigenvalue weighted by Crippen LogP contribution is 2.40. The summed E-state index contributed by atoms with van der Waals surface area (Å²) < 4.78 is 1.98. The van der Waals surface area contributed by atoms with E-state index in [1.165, 1.54) is 17.7 Å². The third-order valence-corrected chi connectivity index (χ3v) is 4.77. The molecule has 0 spiro atoms. The quantitative estimate of drug-likeness (QED) is 0.732. The number of rotatable bonds is 2. The molecule has 0 N–H and O–H groups in total. The molecule has 0 amide bonds. The van der Waals surface area contributed by atoms with Crippen molar-refractivity contribution in [1.29, 1.82) is 0 Å². The zero-order valence-electron chi connectivity index (χ0n) is 8.28. The summed E-state index contributed by atoms with van der Waals surface area (Å²) in [5.74, 6) is 1.56. The Balaban J connectivity index is 2.10. The maximum absolute atomic E-state index is 4.64. The van der Waals surface area contributed by atoms with Gasteiger partial charge in [0, 0.05) is 10.4 Å². The first-order valence-electron chi connectivity index (χ1n) is 5.02. The molecule has 1 aliphatic carbocycles. The van der Waals surface area contributed by atoms with Crippen LogP contribution in [0.3, 0.4) is 0 Å². The number of hydrogen-bond donors (Lipinski definition) is 0. The zero-order chi connectivity index (χ0) is 11.1. The van der Waals surface area contributed by atoms with E-state index in [1.54, 1.807) is 11.3 Å². The number of hydrogen-bond acceptors (Lipinski definition) is 3. The van der Waals surface area contributed by atoms with Crippen molar-refractivity contribution in [2.75, 3.05) is 0 Å². The van der Waals surface area contributed by atoms with Gasteiger partial charge >= 0.3 is 0 Å². The third-order valence-electron chi connectivity index (χ3n) is 2.50. The summed E-state index contributed by atoms with van der Waals surface area (Å²) in [6.07, 6.45) is 2.45. The first-order valence-corrected chi connectivity index (χ1v) is 7.48. The summed E-state index contributed by atoms with van der Waals surface area (Å²) in [6.45, 7) is 0. The Morgan fingerprint density at radius 2 is 2.06 bits per heavy atom. The van der Waals surface area contributed by atoms with Crippen LogP contribution in [0, 0.1) is 0 Å². The lowest BCUT2D eigenvalue weighted by Gasteiger charge is -2.03. The Morgan fingerprint density at radius 1 is 1.25 bits per heavy atom. The summed E-state index contributed by atoms with van der Waals surface area (Å²) >= 11 is 8.69. The fourth-order valence-corrected chi connectivity index (χ4v) is 3.49. The highest BCUT2D eigenvalue weighted by atomic mass is 79.9. The molecular weight excluding hydrogens is 352 g/mol. The van der Waals surface area contributed by atoms with Crippen LogP contribution >= 0.6 is 43.2 Å². The summed E-state index contributed by atoms with van der Waals surface area (Å²) in [7, 11) is 0. The molecule has 0 atom stereocenters. The highest BCUT2D eigenvalue weighted by molar-refractivity contribution is 9.10. The Labute approximate surface area is 114 Å². The van der Waals surface area contributed by atoms with Gasteiger partial charge in [-0.05, 0) is 62.2 Å². The van der Waals surface area contributed by atoms with Crippen LogP contribution in [-0.2, 0) is 0 Å². The number of thiophene rings is 1. The van der Waals surface area contributed by atoms with Crippen LogP contribution in [0.2, 0.25) is 0 Å². The van der Waals surface area contributed by atoms with E-state index >= 15 is 0 Å². The van der Waals surface area contributed by atoms with Crippen LogP contribution < -0.4 is 0 Å². The van der Waals surface area contributed by atoms with E-state index in [-0.39, 0.29) is 0 Å². The molecular formula is C11H8Br2N2S. The molecule has 1 saturated carbocycles. The van der Waals surface area contributed by atoms with E-state index in [0.717, 1.165) is 20.6 Å². The van der Waals surface area contributed by atoms with Crippen LogP contribution in [0.1, 0.15) is 24.6 Å². The topological polar surface area (TPSA) is 25.8 Å². The Hall–Kier alpha value is -0.260. The van der Waals surface area contributed by atoms with Crippen molar-refractivity contribution in [2.24, 2.45) is 0 Å². The highest BCUT2D eigenvalue weighted by Gasteiger charge is 2.27. The van der Waals surface area contributed by atoms with Crippen molar-refractivity contribution < 1.29 is 0 Å². The smallest absolute Gasteiger partial charge is 0.133 e. The van der Waals surface area contributed by atoms with E-state index in [1.807, 2.05) is 12.1 Å². The molecule has 0 aliphatic heterocycles. The molecule has 3 rings (SSSR count). The first-order chi connectivity index (χ1) is 7.74. The molecule has 0 saturated heterocycles. The van der Waals surface area contributed by atoms with Gasteiger partial charge < -0.3 is 0 Å². The van der Waals surface area contributed by atoms with Crippen LogP contribution in [-0.4, -0.2) is 9.97 Å². The molecule has 5 heteroatoms. The number of halogens is 2. The average Bonchev–Trinajstić information content (AvgIpc) is 3.01. The van der Waals surface area contributed by atoms with E-state index in [2.05, 4.69) is 47.2 Å². The summed E-state index contributed by atoms with van der Waals surface area (Å²) in [6, 6.07) is 4.02. The van der Waals surface area contributed by atoms with E-state index < -0.39 is 0 Å². The number of nitrogens with zero attached hydrogens (tertiary/aromatic N) is 2. The molecule has 16 heavy (non-hydrogen) atoms. The molecule has 2 aromatic rings. The van der Waals surface area contributed by atoms with Crippen LogP contribution in [0.5, 0.6) is 0 Å². The Morgan fingerprint density at radius 3 is 2.69 bits per heavy atom. The molecule has 2 heterocycles. The fourth-order valence-electron chi connectivity index (χ4n) is 1.55. The predicted octanol–water partition coefficient (Wildman–Crippen LogP) is 4.61. The second kappa shape index (κ2) is 4.20. The maximum atomic E-state index is 4.64. The minimum atomic E-state index is 0.579. The summed E-state index contributed by atoms with van der Waals surface area (Å²) in [5.41, 5.74) is 1.01. The molecule has 2 nitrogen and oxygen atoms in total. The van der Waals surface area contributed by atoms with E-state index in [0.29, 0.717) is 5.92 Å². The molecule has 82 valence electrons. The molecule has 1 fully saturated rings. The lowest BCUT2D eigenvalue weighted by molar-refractivity contribution is 0.920. The summed E-state index contributed by atoms with van der Waals surface area (Å²) in [4.78, 5) is 10.2. The molecule has 2 aromatic heterocycles. The Kier molecular flexibility index (Phi) is 2.85. The molecule has 1 aliphatic rings. The SMILES string of the molecule is Brc1cc(-c2sccc2Br)nc(C2CC2)n1. The third kappa shape index (κ3) is 2.08.